The van der Waals surface area contributed by atoms with Crippen LogP contribution < -0.4 is 5.32 Å². The highest BCUT2D eigenvalue weighted by Gasteiger charge is 2.44. The summed E-state index contributed by atoms with van der Waals surface area (Å²) in [5.41, 5.74) is 0. The first-order chi connectivity index (χ1) is 34.8. The average Bonchev–Trinajstić information content (AvgIpc) is 3.37. The quantitative estimate of drug-likeness (QED) is 0.0261. The standard InChI is InChI=1S/C62H115NO8/c1-3-5-7-9-11-13-15-17-19-21-22-23-24-25-26-27-28-29-30-31-32-33-34-36-38-40-42-44-46-48-50-52-58(66)63-55(54-70-62-61(69)60(68)59(67)57(53-64)71-62)56(65)51-49-47-45-43-41-39-37-35-20-18-16-14-12-10-8-6-4-2/h15,17,21-22,41,43,49,51,55-57,59-62,64-65,67-69H,3-14,16,18-20,23-40,42,44-48,50,52-54H2,1-2H3,(H,63,66)/b17-15-,22-21-,43-41+,51-49+. The molecule has 0 radical (unpaired) electrons. The number of hydrogen-bond donors (Lipinski definition) is 6. The van der Waals surface area contributed by atoms with Crippen molar-refractivity contribution in [1.82, 2.24) is 5.32 Å². The second-order valence-electron chi connectivity index (χ2n) is 21.1. The Morgan fingerprint density at radius 2 is 0.845 bits per heavy atom. The number of unbranched alkanes of at least 4 members (excludes halogenated alkanes) is 36. The molecule has 1 aliphatic rings. The number of nitrogens with one attached hydrogen (secondary N) is 1. The lowest BCUT2D eigenvalue weighted by molar-refractivity contribution is -0.302. The maximum atomic E-state index is 13.1. The molecule has 0 aliphatic carbocycles. The number of ether oxygens (including phenoxy) is 2. The molecule has 0 saturated carbocycles. The Hall–Kier alpha value is -1.85. The predicted molar refractivity (Wildman–Crippen MR) is 299 cm³/mol. The topological polar surface area (TPSA) is 149 Å². The Morgan fingerprint density at radius 1 is 0.479 bits per heavy atom. The molecule has 7 atom stereocenters. The van der Waals surface area contributed by atoms with Gasteiger partial charge >= 0.3 is 0 Å². The molecule has 71 heavy (non-hydrogen) atoms. The summed E-state index contributed by atoms with van der Waals surface area (Å²) in [6.45, 7) is 3.77. The second-order valence-corrected chi connectivity index (χ2v) is 21.1. The highest BCUT2D eigenvalue weighted by Crippen LogP contribution is 2.23. The molecule has 0 aromatic carbocycles. The fraction of sp³-hybridized carbons (Fsp3) is 0.855. The predicted octanol–water partition coefficient (Wildman–Crippen LogP) is 15.3. The van der Waals surface area contributed by atoms with E-state index in [1.807, 2.05) is 6.08 Å². The number of hydrogen-bond acceptors (Lipinski definition) is 8. The molecular formula is C62H115NO8. The molecule has 0 bridgehead atoms. The van der Waals surface area contributed by atoms with Crippen LogP contribution in [0.2, 0.25) is 0 Å². The van der Waals surface area contributed by atoms with E-state index in [-0.39, 0.29) is 12.5 Å². The van der Waals surface area contributed by atoms with Crippen molar-refractivity contribution < 1.29 is 39.8 Å². The van der Waals surface area contributed by atoms with Crippen LogP contribution in [0.5, 0.6) is 0 Å². The van der Waals surface area contributed by atoms with Crippen LogP contribution in [0.1, 0.15) is 284 Å². The van der Waals surface area contributed by atoms with Crippen molar-refractivity contribution in [1.29, 1.82) is 0 Å². The lowest BCUT2D eigenvalue weighted by Gasteiger charge is -2.40. The molecule has 0 aromatic heterocycles. The summed E-state index contributed by atoms with van der Waals surface area (Å²) >= 11 is 0. The lowest BCUT2D eigenvalue weighted by atomic mass is 9.99. The van der Waals surface area contributed by atoms with Crippen LogP contribution in [0.3, 0.4) is 0 Å². The fourth-order valence-corrected chi connectivity index (χ4v) is 9.56. The highest BCUT2D eigenvalue weighted by atomic mass is 16.7. The molecule has 1 fully saturated rings. The summed E-state index contributed by atoms with van der Waals surface area (Å²) in [7, 11) is 0. The summed E-state index contributed by atoms with van der Waals surface area (Å²) in [5.74, 6) is -0.183. The Labute approximate surface area is 437 Å². The minimum Gasteiger partial charge on any atom is -0.394 e. The first-order valence-corrected chi connectivity index (χ1v) is 30.4. The van der Waals surface area contributed by atoms with Gasteiger partial charge in [-0.05, 0) is 64.2 Å². The number of carbonyl (C=O) groups is 1. The van der Waals surface area contributed by atoms with Crippen molar-refractivity contribution in [2.24, 2.45) is 0 Å². The van der Waals surface area contributed by atoms with E-state index < -0.39 is 49.5 Å². The van der Waals surface area contributed by atoms with Crippen LogP contribution in [0.4, 0.5) is 0 Å². The van der Waals surface area contributed by atoms with Crippen LogP contribution in [0.25, 0.3) is 0 Å². The Bertz CT molecular complexity index is 1250. The number of allylic oxidation sites excluding steroid dienone is 7. The maximum Gasteiger partial charge on any atom is 0.220 e. The van der Waals surface area contributed by atoms with Gasteiger partial charge in [-0.25, -0.2) is 0 Å². The Balaban J connectivity index is 2.16. The highest BCUT2D eigenvalue weighted by molar-refractivity contribution is 5.76. The van der Waals surface area contributed by atoms with Crippen LogP contribution in [0.15, 0.2) is 48.6 Å². The van der Waals surface area contributed by atoms with Crippen LogP contribution in [-0.2, 0) is 14.3 Å². The van der Waals surface area contributed by atoms with Gasteiger partial charge in [0.2, 0.25) is 5.91 Å². The zero-order valence-electron chi connectivity index (χ0n) is 46.2. The molecule has 1 aliphatic heterocycles. The van der Waals surface area contributed by atoms with Gasteiger partial charge in [0.05, 0.1) is 25.4 Å². The van der Waals surface area contributed by atoms with Crippen molar-refractivity contribution in [3.05, 3.63) is 48.6 Å². The van der Waals surface area contributed by atoms with Gasteiger partial charge in [0, 0.05) is 6.42 Å². The van der Waals surface area contributed by atoms with Gasteiger partial charge in [-0.3, -0.25) is 4.79 Å². The van der Waals surface area contributed by atoms with Crippen LogP contribution in [0, 0.1) is 0 Å². The SMILES string of the molecule is CCCCCCC/C=C\C/C=C\CCCCCCCCCCCCCCCCCCCCCC(=O)NC(COC1OC(CO)C(O)C(O)C1O)C(O)/C=C/CC/C=C/CCCCCCCCCCCCC. The van der Waals surface area contributed by atoms with E-state index >= 15 is 0 Å². The van der Waals surface area contributed by atoms with Crippen LogP contribution in [-0.4, -0.2) is 87.5 Å². The summed E-state index contributed by atoms with van der Waals surface area (Å²) in [5, 5.41) is 54.5. The minimum absolute atomic E-state index is 0.183. The normalized spacial score (nSPS) is 19.6. The monoisotopic (exact) mass is 1000 g/mol. The molecule has 416 valence electrons. The number of aliphatic hydroxyl groups excluding tert-OH is 5. The van der Waals surface area contributed by atoms with Gasteiger partial charge in [0.1, 0.15) is 24.4 Å². The van der Waals surface area contributed by atoms with Gasteiger partial charge in [-0.15, -0.1) is 0 Å². The van der Waals surface area contributed by atoms with Gasteiger partial charge in [-0.2, -0.15) is 0 Å². The van der Waals surface area contributed by atoms with Crippen LogP contribution >= 0.6 is 0 Å². The molecule has 1 amide bonds. The first kappa shape index (κ1) is 67.2. The molecule has 9 nitrogen and oxygen atoms in total. The summed E-state index contributed by atoms with van der Waals surface area (Å²) in [6.07, 6.45) is 61.9. The summed E-state index contributed by atoms with van der Waals surface area (Å²) in [6, 6.07) is -0.821. The molecule has 6 N–H and O–H groups in total. The van der Waals surface area contributed by atoms with E-state index in [0.717, 1.165) is 44.9 Å². The largest absolute Gasteiger partial charge is 0.394 e. The van der Waals surface area contributed by atoms with Gasteiger partial charge in [0.15, 0.2) is 6.29 Å². The molecule has 1 saturated heterocycles. The molecule has 0 aromatic rings. The number of amides is 1. The summed E-state index contributed by atoms with van der Waals surface area (Å²) in [4.78, 5) is 13.1. The summed E-state index contributed by atoms with van der Waals surface area (Å²) < 4.78 is 11.3. The fourth-order valence-electron chi connectivity index (χ4n) is 9.56. The van der Waals surface area contributed by atoms with Crippen molar-refractivity contribution >= 4 is 5.91 Å². The first-order valence-electron chi connectivity index (χ1n) is 30.4. The van der Waals surface area contributed by atoms with E-state index in [2.05, 4.69) is 55.6 Å². The van der Waals surface area contributed by atoms with Gasteiger partial charge in [0.25, 0.3) is 0 Å². The third-order valence-electron chi connectivity index (χ3n) is 14.4. The van der Waals surface area contributed by atoms with Crippen molar-refractivity contribution in [3.8, 4) is 0 Å². The Morgan fingerprint density at radius 3 is 1.27 bits per heavy atom. The molecular weight excluding hydrogens is 887 g/mol. The van der Waals surface area contributed by atoms with E-state index in [4.69, 9.17) is 9.47 Å². The lowest BCUT2D eigenvalue weighted by Crippen LogP contribution is -2.60. The van der Waals surface area contributed by atoms with E-state index in [0.29, 0.717) is 6.42 Å². The molecule has 1 rings (SSSR count). The van der Waals surface area contributed by atoms with E-state index in [9.17, 15) is 30.3 Å². The Kier molecular flexibility index (Phi) is 48.8. The van der Waals surface area contributed by atoms with Crippen molar-refractivity contribution in [2.75, 3.05) is 13.2 Å². The molecule has 7 unspecified atom stereocenters. The zero-order chi connectivity index (χ0) is 51.5. The average molecular weight is 1000 g/mol. The van der Waals surface area contributed by atoms with Crippen molar-refractivity contribution in [2.45, 2.75) is 326 Å². The number of carbonyl (C=O) groups excluding carboxylic acids is 1. The minimum atomic E-state index is -1.57. The second kappa shape index (κ2) is 51.6. The zero-order valence-corrected chi connectivity index (χ0v) is 46.2. The third kappa shape index (κ3) is 41.1. The number of rotatable bonds is 52. The molecule has 9 heteroatoms. The molecule has 0 spiro atoms. The van der Waals surface area contributed by atoms with Gasteiger partial charge in [-0.1, -0.05) is 262 Å². The molecule has 1 heterocycles. The van der Waals surface area contributed by atoms with Crippen molar-refractivity contribution in [3.63, 3.8) is 0 Å². The maximum absolute atomic E-state index is 13.1. The van der Waals surface area contributed by atoms with E-state index in [1.165, 1.54) is 218 Å². The smallest absolute Gasteiger partial charge is 0.220 e. The third-order valence-corrected chi connectivity index (χ3v) is 14.4. The number of aliphatic hydroxyl groups is 5. The van der Waals surface area contributed by atoms with Gasteiger partial charge < -0.3 is 40.3 Å². The van der Waals surface area contributed by atoms with E-state index in [1.54, 1.807) is 6.08 Å².